The zero-order valence-electron chi connectivity index (χ0n) is 15.4. The summed E-state index contributed by atoms with van der Waals surface area (Å²) in [7, 11) is 1.35. The fourth-order valence-corrected chi connectivity index (χ4v) is 2.91. The van der Waals surface area contributed by atoms with Crippen LogP contribution in [-0.4, -0.2) is 48.2 Å². The van der Waals surface area contributed by atoms with Gasteiger partial charge in [-0.3, -0.25) is 4.79 Å². The summed E-state index contributed by atoms with van der Waals surface area (Å²) >= 11 is 0. The number of rotatable bonds is 7. The van der Waals surface area contributed by atoms with Gasteiger partial charge < -0.3 is 14.7 Å². The molecule has 0 unspecified atom stereocenters. The lowest BCUT2D eigenvalue weighted by Gasteiger charge is -2.28. The van der Waals surface area contributed by atoms with Crippen LogP contribution in [0.3, 0.4) is 0 Å². The first-order chi connectivity index (χ1) is 12.5. The van der Waals surface area contributed by atoms with Gasteiger partial charge in [0, 0.05) is 24.8 Å². The average Bonchev–Trinajstić information content (AvgIpc) is 2.68. The number of hydrogen-bond acceptors (Lipinski definition) is 4. The molecule has 0 aliphatic heterocycles. The zero-order chi connectivity index (χ0) is 19.1. The molecule has 2 aromatic carbocycles. The Balaban J connectivity index is 2.26. The Morgan fingerprint density at radius 2 is 1.77 bits per heavy atom. The Bertz CT molecular complexity index is 755. The summed E-state index contributed by atoms with van der Waals surface area (Å²) < 4.78 is 4.71. The summed E-state index contributed by atoms with van der Waals surface area (Å²) in [6.45, 7) is 4.50. The van der Waals surface area contributed by atoms with Crippen molar-refractivity contribution < 1.29 is 19.4 Å². The standard InChI is InChI=1S/C21H25NO4/c1-4-22(15(2)12-13-23)20(24)19-7-5-6-18(14-19)16-8-10-17(11-9-16)21(25)26-3/h5-11,14-15,23H,4,12-13H2,1-3H3/t15-/m1/s1. The molecule has 0 bridgehead atoms. The van der Waals surface area contributed by atoms with Gasteiger partial charge in [-0.05, 0) is 55.7 Å². The number of nitrogens with zero attached hydrogens (tertiary/aromatic N) is 1. The van der Waals surface area contributed by atoms with Crippen LogP contribution >= 0.6 is 0 Å². The van der Waals surface area contributed by atoms with Crippen molar-refractivity contribution in [1.29, 1.82) is 0 Å². The lowest BCUT2D eigenvalue weighted by molar-refractivity contribution is 0.0599. The van der Waals surface area contributed by atoms with E-state index in [0.717, 1.165) is 11.1 Å². The van der Waals surface area contributed by atoms with Crippen LogP contribution in [0.5, 0.6) is 0 Å². The summed E-state index contributed by atoms with van der Waals surface area (Å²) in [6.07, 6.45) is 0.550. The number of aliphatic hydroxyl groups is 1. The Morgan fingerprint density at radius 3 is 2.35 bits per heavy atom. The number of esters is 1. The first-order valence-corrected chi connectivity index (χ1v) is 8.72. The molecule has 0 saturated heterocycles. The van der Waals surface area contributed by atoms with Crippen LogP contribution in [0.15, 0.2) is 48.5 Å². The Hall–Kier alpha value is -2.66. The third-order valence-corrected chi connectivity index (χ3v) is 4.43. The van der Waals surface area contributed by atoms with E-state index >= 15 is 0 Å². The van der Waals surface area contributed by atoms with Gasteiger partial charge in [0.05, 0.1) is 12.7 Å². The molecule has 1 amide bonds. The minimum absolute atomic E-state index is 0.0273. The smallest absolute Gasteiger partial charge is 0.337 e. The van der Waals surface area contributed by atoms with Gasteiger partial charge in [-0.1, -0.05) is 24.3 Å². The highest BCUT2D eigenvalue weighted by Crippen LogP contribution is 2.22. The largest absolute Gasteiger partial charge is 0.465 e. The number of amides is 1. The van der Waals surface area contributed by atoms with Crippen LogP contribution < -0.4 is 0 Å². The van der Waals surface area contributed by atoms with Crippen molar-refractivity contribution in [2.75, 3.05) is 20.3 Å². The van der Waals surface area contributed by atoms with E-state index in [0.29, 0.717) is 24.1 Å². The maximum absolute atomic E-state index is 12.8. The number of aliphatic hydroxyl groups excluding tert-OH is 1. The molecule has 0 radical (unpaired) electrons. The highest BCUT2D eigenvalue weighted by Gasteiger charge is 2.20. The second-order valence-electron chi connectivity index (χ2n) is 6.10. The number of carbonyl (C=O) groups is 2. The molecule has 1 N–H and O–H groups in total. The summed E-state index contributed by atoms with van der Waals surface area (Å²) in [5.41, 5.74) is 2.90. The second kappa shape index (κ2) is 9.15. The average molecular weight is 355 g/mol. The molecular formula is C21H25NO4. The predicted octanol–water partition coefficient (Wildman–Crippen LogP) is 3.37. The quantitative estimate of drug-likeness (QED) is 0.773. The van der Waals surface area contributed by atoms with E-state index in [4.69, 9.17) is 9.84 Å². The normalized spacial score (nSPS) is 11.7. The lowest BCUT2D eigenvalue weighted by Crippen LogP contribution is -2.39. The summed E-state index contributed by atoms with van der Waals surface area (Å²) in [6, 6.07) is 14.5. The second-order valence-corrected chi connectivity index (χ2v) is 6.10. The van der Waals surface area contributed by atoms with Crippen LogP contribution in [-0.2, 0) is 4.74 Å². The van der Waals surface area contributed by atoms with Gasteiger partial charge >= 0.3 is 5.97 Å². The zero-order valence-corrected chi connectivity index (χ0v) is 15.4. The molecule has 0 aliphatic carbocycles. The Labute approximate surface area is 154 Å². The molecule has 0 fully saturated rings. The van der Waals surface area contributed by atoms with E-state index in [2.05, 4.69) is 0 Å². The van der Waals surface area contributed by atoms with Gasteiger partial charge in [0.1, 0.15) is 0 Å². The van der Waals surface area contributed by atoms with Crippen LogP contribution in [0.4, 0.5) is 0 Å². The molecule has 0 spiro atoms. The maximum atomic E-state index is 12.8. The predicted molar refractivity (Wildman–Crippen MR) is 101 cm³/mol. The monoisotopic (exact) mass is 355 g/mol. The molecule has 2 rings (SSSR count). The summed E-state index contributed by atoms with van der Waals surface area (Å²) in [4.78, 5) is 26.1. The molecule has 0 aromatic heterocycles. The van der Waals surface area contributed by atoms with E-state index < -0.39 is 0 Å². The number of methoxy groups -OCH3 is 1. The highest BCUT2D eigenvalue weighted by molar-refractivity contribution is 5.96. The summed E-state index contributed by atoms with van der Waals surface area (Å²) in [5, 5.41) is 9.13. The fourth-order valence-electron chi connectivity index (χ4n) is 2.91. The molecule has 26 heavy (non-hydrogen) atoms. The number of hydrogen-bond donors (Lipinski definition) is 1. The van der Waals surface area contributed by atoms with Crippen LogP contribution in [0, 0.1) is 0 Å². The lowest BCUT2D eigenvalue weighted by atomic mass is 10.0. The highest BCUT2D eigenvalue weighted by atomic mass is 16.5. The van der Waals surface area contributed by atoms with Crippen molar-refractivity contribution >= 4 is 11.9 Å². The van der Waals surface area contributed by atoms with E-state index in [1.165, 1.54) is 7.11 Å². The molecule has 5 nitrogen and oxygen atoms in total. The van der Waals surface area contributed by atoms with Gasteiger partial charge in [-0.2, -0.15) is 0 Å². The number of carbonyl (C=O) groups excluding carboxylic acids is 2. The van der Waals surface area contributed by atoms with E-state index in [1.54, 1.807) is 23.1 Å². The van der Waals surface area contributed by atoms with Crippen molar-refractivity contribution in [2.24, 2.45) is 0 Å². The minimum atomic E-state index is -0.378. The molecule has 0 aliphatic rings. The van der Waals surface area contributed by atoms with Gasteiger partial charge in [-0.25, -0.2) is 4.79 Å². The molecule has 2 aromatic rings. The first kappa shape index (κ1) is 19.7. The van der Waals surface area contributed by atoms with Crippen molar-refractivity contribution in [1.82, 2.24) is 4.90 Å². The van der Waals surface area contributed by atoms with E-state index in [9.17, 15) is 9.59 Å². The Morgan fingerprint density at radius 1 is 1.08 bits per heavy atom. The topological polar surface area (TPSA) is 66.8 Å². The SMILES string of the molecule is CCN(C(=O)c1cccc(-c2ccc(C(=O)OC)cc2)c1)[C@H](C)CCO. The number of ether oxygens (including phenoxy) is 1. The molecule has 5 heteroatoms. The fraction of sp³-hybridized carbons (Fsp3) is 0.333. The third-order valence-electron chi connectivity index (χ3n) is 4.43. The summed E-state index contributed by atoms with van der Waals surface area (Å²) in [5.74, 6) is -0.432. The van der Waals surface area contributed by atoms with Gasteiger partial charge in [0.15, 0.2) is 0 Å². The van der Waals surface area contributed by atoms with Gasteiger partial charge in [-0.15, -0.1) is 0 Å². The van der Waals surface area contributed by atoms with Crippen LogP contribution in [0.1, 0.15) is 41.0 Å². The molecule has 1 atom stereocenters. The first-order valence-electron chi connectivity index (χ1n) is 8.72. The molecular weight excluding hydrogens is 330 g/mol. The molecule has 0 saturated carbocycles. The number of benzene rings is 2. The molecule has 138 valence electrons. The van der Waals surface area contributed by atoms with Crippen molar-refractivity contribution in [3.05, 3.63) is 59.7 Å². The van der Waals surface area contributed by atoms with Crippen LogP contribution in [0.25, 0.3) is 11.1 Å². The van der Waals surface area contributed by atoms with Gasteiger partial charge in [0.2, 0.25) is 0 Å². The van der Waals surface area contributed by atoms with E-state index in [1.807, 2.05) is 44.2 Å². The molecule has 0 heterocycles. The third kappa shape index (κ3) is 4.49. The van der Waals surface area contributed by atoms with Gasteiger partial charge in [0.25, 0.3) is 5.91 Å². The van der Waals surface area contributed by atoms with Crippen molar-refractivity contribution in [2.45, 2.75) is 26.3 Å². The minimum Gasteiger partial charge on any atom is -0.465 e. The van der Waals surface area contributed by atoms with Crippen LogP contribution in [0.2, 0.25) is 0 Å². The van der Waals surface area contributed by atoms with Crippen molar-refractivity contribution in [3.8, 4) is 11.1 Å². The van der Waals surface area contributed by atoms with E-state index in [-0.39, 0.29) is 24.5 Å². The van der Waals surface area contributed by atoms with Crippen molar-refractivity contribution in [3.63, 3.8) is 0 Å². The maximum Gasteiger partial charge on any atom is 0.337 e. The Kier molecular flexibility index (Phi) is 6.92.